The van der Waals surface area contributed by atoms with Crippen LogP contribution in [0.4, 0.5) is 0 Å². The van der Waals surface area contributed by atoms with Crippen LogP contribution in [0.15, 0.2) is 0 Å². The average Bonchev–Trinajstić information content (AvgIpc) is 3.21. The number of unbranched alkanes of at least 4 members (excludes halogenated alkanes) is 1. The molecule has 1 aliphatic rings. The van der Waals surface area contributed by atoms with E-state index in [1.807, 2.05) is 0 Å². The van der Waals surface area contributed by atoms with Crippen molar-refractivity contribution in [1.82, 2.24) is 10.2 Å². The fourth-order valence-electron chi connectivity index (χ4n) is 2.58. The van der Waals surface area contributed by atoms with Crippen LogP contribution in [-0.4, -0.2) is 61.0 Å². The number of aliphatic hydroxyl groups is 1. The molecule has 0 aromatic carbocycles. The Morgan fingerprint density at radius 1 is 1.30 bits per heavy atom. The third-order valence-electron chi connectivity index (χ3n) is 4.22. The third-order valence-corrected chi connectivity index (χ3v) is 4.22. The SMILES string of the molecule is COCCN(CCCCC(C)(CO)NC1CC1)C(C)C. The monoisotopic (exact) mass is 286 g/mol. The van der Waals surface area contributed by atoms with Gasteiger partial charge in [-0.25, -0.2) is 0 Å². The lowest BCUT2D eigenvalue weighted by Crippen LogP contribution is -2.47. The van der Waals surface area contributed by atoms with Crippen LogP contribution in [0, 0.1) is 0 Å². The van der Waals surface area contributed by atoms with Crippen LogP contribution in [-0.2, 0) is 4.74 Å². The van der Waals surface area contributed by atoms with E-state index >= 15 is 0 Å². The molecule has 4 heteroatoms. The third kappa shape index (κ3) is 7.02. The second-order valence-corrected chi connectivity index (χ2v) is 6.72. The highest BCUT2D eigenvalue weighted by atomic mass is 16.5. The summed E-state index contributed by atoms with van der Waals surface area (Å²) < 4.78 is 5.17. The van der Waals surface area contributed by atoms with Crippen LogP contribution >= 0.6 is 0 Å². The van der Waals surface area contributed by atoms with Gasteiger partial charge in [-0.2, -0.15) is 0 Å². The van der Waals surface area contributed by atoms with Crippen molar-refractivity contribution in [2.75, 3.05) is 33.4 Å². The lowest BCUT2D eigenvalue weighted by atomic mass is 9.95. The van der Waals surface area contributed by atoms with E-state index in [0.717, 1.165) is 32.5 Å². The zero-order chi connectivity index (χ0) is 15.0. The molecule has 1 fully saturated rings. The van der Waals surface area contributed by atoms with Gasteiger partial charge in [0.15, 0.2) is 0 Å². The topological polar surface area (TPSA) is 44.7 Å². The van der Waals surface area contributed by atoms with Crippen molar-refractivity contribution in [2.45, 2.75) is 70.5 Å². The van der Waals surface area contributed by atoms with Gasteiger partial charge in [0, 0.05) is 31.3 Å². The van der Waals surface area contributed by atoms with Crippen molar-refractivity contribution < 1.29 is 9.84 Å². The molecule has 120 valence electrons. The summed E-state index contributed by atoms with van der Waals surface area (Å²) in [5.41, 5.74) is -0.0869. The summed E-state index contributed by atoms with van der Waals surface area (Å²) in [6.07, 6.45) is 5.94. The summed E-state index contributed by atoms with van der Waals surface area (Å²) in [5.74, 6) is 0. The molecule has 0 amide bonds. The van der Waals surface area contributed by atoms with Crippen molar-refractivity contribution in [3.05, 3.63) is 0 Å². The van der Waals surface area contributed by atoms with Gasteiger partial charge >= 0.3 is 0 Å². The first-order valence-corrected chi connectivity index (χ1v) is 8.12. The molecule has 0 spiro atoms. The summed E-state index contributed by atoms with van der Waals surface area (Å²) in [6.45, 7) is 9.79. The Kier molecular flexibility index (Phi) is 8.03. The van der Waals surface area contributed by atoms with Crippen molar-refractivity contribution in [3.8, 4) is 0 Å². The zero-order valence-corrected chi connectivity index (χ0v) is 13.8. The van der Waals surface area contributed by atoms with Gasteiger partial charge in [0.05, 0.1) is 13.2 Å². The first kappa shape index (κ1) is 17.9. The Morgan fingerprint density at radius 3 is 2.50 bits per heavy atom. The van der Waals surface area contributed by atoms with Crippen LogP contribution in [0.1, 0.15) is 52.9 Å². The maximum absolute atomic E-state index is 9.59. The van der Waals surface area contributed by atoms with Crippen LogP contribution < -0.4 is 5.32 Å². The number of nitrogens with zero attached hydrogens (tertiary/aromatic N) is 1. The Hall–Kier alpha value is -0.160. The number of aliphatic hydroxyl groups excluding tert-OH is 1. The fourth-order valence-corrected chi connectivity index (χ4v) is 2.58. The molecular weight excluding hydrogens is 252 g/mol. The molecule has 0 saturated heterocycles. The van der Waals surface area contributed by atoms with Crippen molar-refractivity contribution in [3.63, 3.8) is 0 Å². The van der Waals surface area contributed by atoms with Gasteiger partial charge in [-0.05, 0) is 53.0 Å². The number of methoxy groups -OCH3 is 1. The Bertz CT molecular complexity index is 257. The van der Waals surface area contributed by atoms with Gasteiger partial charge < -0.3 is 15.2 Å². The Balaban J connectivity index is 2.20. The number of nitrogens with one attached hydrogen (secondary N) is 1. The summed E-state index contributed by atoms with van der Waals surface area (Å²) in [7, 11) is 1.76. The molecule has 1 unspecified atom stereocenters. The number of ether oxygens (including phenoxy) is 1. The van der Waals surface area contributed by atoms with E-state index in [-0.39, 0.29) is 12.1 Å². The highest BCUT2D eigenvalue weighted by Crippen LogP contribution is 2.25. The molecule has 0 aliphatic heterocycles. The average molecular weight is 286 g/mol. The molecule has 0 heterocycles. The lowest BCUT2D eigenvalue weighted by molar-refractivity contribution is 0.124. The molecule has 1 saturated carbocycles. The van der Waals surface area contributed by atoms with Crippen LogP contribution in [0.3, 0.4) is 0 Å². The number of rotatable bonds is 12. The molecule has 20 heavy (non-hydrogen) atoms. The largest absolute Gasteiger partial charge is 0.394 e. The van der Waals surface area contributed by atoms with E-state index in [4.69, 9.17) is 4.74 Å². The van der Waals surface area contributed by atoms with E-state index in [9.17, 15) is 5.11 Å². The normalized spacial score (nSPS) is 18.8. The van der Waals surface area contributed by atoms with Gasteiger partial charge in [0.25, 0.3) is 0 Å². The van der Waals surface area contributed by atoms with Crippen LogP contribution in [0.25, 0.3) is 0 Å². The highest BCUT2D eigenvalue weighted by Gasteiger charge is 2.31. The maximum atomic E-state index is 9.59. The van der Waals surface area contributed by atoms with Crippen molar-refractivity contribution in [1.29, 1.82) is 0 Å². The molecule has 2 N–H and O–H groups in total. The number of hydrogen-bond donors (Lipinski definition) is 2. The molecular formula is C16H34N2O2. The van der Waals surface area contributed by atoms with Gasteiger partial charge in [-0.1, -0.05) is 6.42 Å². The minimum atomic E-state index is -0.0869. The molecule has 4 nitrogen and oxygen atoms in total. The fraction of sp³-hybridized carbons (Fsp3) is 1.00. The van der Waals surface area contributed by atoms with E-state index in [2.05, 4.69) is 31.0 Å². The van der Waals surface area contributed by atoms with Gasteiger partial charge in [-0.15, -0.1) is 0 Å². The molecule has 0 radical (unpaired) electrons. The minimum absolute atomic E-state index is 0.0869. The molecule has 1 rings (SSSR count). The van der Waals surface area contributed by atoms with Crippen LogP contribution in [0.5, 0.6) is 0 Å². The lowest BCUT2D eigenvalue weighted by Gasteiger charge is -2.30. The van der Waals surface area contributed by atoms with Gasteiger partial charge in [0.1, 0.15) is 0 Å². The molecule has 1 aliphatic carbocycles. The second-order valence-electron chi connectivity index (χ2n) is 6.72. The smallest absolute Gasteiger partial charge is 0.0610 e. The Labute approximate surface area is 124 Å². The quantitative estimate of drug-likeness (QED) is 0.539. The van der Waals surface area contributed by atoms with Gasteiger partial charge in [0.2, 0.25) is 0 Å². The second kappa shape index (κ2) is 8.98. The zero-order valence-electron chi connectivity index (χ0n) is 13.8. The first-order valence-electron chi connectivity index (χ1n) is 8.12. The van der Waals surface area contributed by atoms with E-state index in [0.29, 0.717) is 12.1 Å². The first-order chi connectivity index (χ1) is 9.50. The maximum Gasteiger partial charge on any atom is 0.0610 e. The van der Waals surface area contributed by atoms with Crippen molar-refractivity contribution >= 4 is 0 Å². The summed E-state index contributed by atoms with van der Waals surface area (Å²) in [5, 5.41) is 13.2. The summed E-state index contributed by atoms with van der Waals surface area (Å²) in [4.78, 5) is 2.47. The van der Waals surface area contributed by atoms with Crippen molar-refractivity contribution in [2.24, 2.45) is 0 Å². The van der Waals surface area contributed by atoms with E-state index < -0.39 is 0 Å². The van der Waals surface area contributed by atoms with E-state index in [1.165, 1.54) is 19.3 Å². The Morgan fingerprint density at radius 2 is 2.00 bits per heavy atom. The summed E-state index contributed by atoms with van der Waals surface area (Å²) >= 11 is 0. The predicted octanol–water partition coefficient (Wildman–Crippen LogP) is 2.02. The minimum Gasteiger partial charge on any atom is -0.394 e. The van der Waals surface area contributed by atoms with Gasteiger partial charge in [-0.3, -0.25) is 4.90 Å². The van der Waals surface area contributed by atoms with Crippen LogP contribution in [0.2, 0.25) is 0 Å². The molecule has 0 aromatic rings. The summed E-state index contributed by atoms with van der Waals surface area (Å²) in [6, 6.07) is 1.22. The number of hydrogen-bond acceptors (Lipinski definition) is 4. The molecule has 1 atom stereocenters. The molecule has 0 bridgehead atoms. The van der Waals surface area contributed by atoms with E-state index in [1.54, 1.807) is 7.11 Å². The molecule has 0 aromatic heterocycles. The predicted molar refractivity (Wildman–Crippen MR) is 84.1 cm³/mol. The highest BCUT2D eigenvalue weighted by molar-refractivity contribution is 4.92. The standard InChI is InChI=1S/C16H34N2O2/c1-14(2)18(11-12-20-4)10-6-5-9-16(3,13-19)17-15-7-8-15/h14-15,17,19H,5-13H2,1-4H3.